The van der Waals surface area contributed by atoms with E-state index in [0.29, 0.717) is 0 Å². The molecule has 1 N–H and O–H groups in total. The largest absolute Gasteiger partial charge is 0.756 e. The van der Waals surface area contributed by atoms with Gasteiger partial charge in [-0.2, -0.15) is 0 Å². The van der Waals surface area contributed by atoms with E-state index in [4.69, 9.17) is 19.1 Å². The zero-order chi connectivity index (χ0) is 15.5. The monoisotopic (exact) mass is 311 g/mol. The second-order valence-corrected chi connectivity index (χ2v) is 5.45. The van der Waals surface area contributed by atoms with Crippen molar-refractivity contribution in [1.82, 2.24) is 0 Å². The summed E-state index contributed by atoms with van der Waals surface area (Å²) in [6.45, 7) is 3.83. The van der Waals surface area contributed by atoms with Crippen molar-refractivity contribution in [1.29, 1.82) is 0 Å². The van der Waals surface area contributed by atoms with Crippen molar-refractivity contribution in [3.05, 3.63) is 0 Å². The van der Waals surface area contributed by atoms with Gasteiger partial charge in [-0.25, -0.2) is 0 Å². The van der Waals surface area contributed by atoms with Crippen LogP contribution in [0.5, 0.6) is 0 Å². The SMILES string of the molecule is CC(=O)O[C@@H]1[C@H](C)O[C@H](OP(=O)([O-])O)C[C@@H]1OC(C)=O. The standard InChI is InChI=1S/C10H17O9P/c1-5-10(18-7(3)12)8(17-6(2)11)4-9(16-5)19-20(13,14)15/h5,8-10H,4H2,1-3H3,(H2,13,14,15)/p-1/t5-,8-,9+,10+/m0/s1. The Morgan fingerprint density at radius 2 is 1.85 bits per heavy atom. The normalized spacial score (nSPS) is 33.0. The van der Waals surface area contributed by atoms with E-state index < -0.39 is 44.4 Å². The number of ether oxygens (including phenoxy) is 3. The average molecular weight is 311 g/mol. The van der Waals surface area contributed by atoms with Crippen molar-refractivity contribution in [2.75, 3.05) is 0 Å². The molecule has 1 rings (SSSR count). The quantitative estimate of drug-likeness (QED) is 0.537. The van der Waals surface area contributed by atoms with Gasteiger partial charge in [0.1, 0.15) is 6.10 Å². The van der Waals surface area contributed by atoms with Gasteiger partial charge < -0.3 is 24.0 Å². The molecule has 9 nitrogen and oxygen atoms in total. The maximum Gasteiger partial charge on any atom is 0.303 e. The van der Waals surface area contributed by atoms with Crippen molar-refractivity contribution in [2.24, 2.45) is 0 Å². The van der Waals surface area contributed by atoms with Gasteiger partial charge in [-0.15, -0.1) is 0 Å². The zero-order valence-electron chi connectivity index (χ0n) is 11.2. The number of phosphoric ester groups is 1. The average Bonchev–Trinajstić information content (AvgIpc) is 2.19. The van der Waals surface area contributed by atoms with Crippen molar-refractivity contribution in [3.63, 3.8) is 0 Å². The highest BCUT2D eigenvalue weighted by molar-refractivity contribution is 7.44. The van der Waals surface area contributed by atoms with Gasteiger partial charge in [-0.3, -0.25) is 18.7 Å². The lowest BCUT2D eigenvalue weighted by molar-refractivity contribution is -0.270. The van der Waals surface area contributed by atoms with Gasteiger partial charge in [0.15, 0.2) is 12.4 Å². The van der Waals surface area contributed by atoms with E-state index in [0.717, 1.165) is 6.92 Å². The first-order valence-corrected chi connectivity index (χ1v) is 7.30. The minimum atomic E-state index is -4.99. The Morgan fingerprint density at radius 1 is 1.30 bits per heavy atom. The fraction of sp³-hybridized carbons (Fsp3) is 0.800. The van der Waals surface area contributed by atoms with Gasteiger partial charge >= 0.3 is 11.9 Å². The molecule has 0 bridgehead atoms. The van der Waals surface area contributed by atoms with Crippen LogP contribution in [0.2, 0.25) is 0 Å². The summed E-state index contributed by atoms with van der Waals surface area (Å²) in [6, 6.07) is 0. The fourth-order valence-corrected chi connectivity index (χ4v) is 2.34. The van der Waals surface area contributed by atoms with Crippen LogP contribution in [0, 0.1) is 0 Å². The number of hydrogen-bond acceptors (Lipinski definition) is 8. The lowest BCUT2D eigenvalue weighted by Gasteiger charge is -2.39. The van der Waals surface area contributed by atoms with Gasteiger partial charge in [0.2, 0.25) is 0 Å². The van der Waals surface area contributed by atoms with Crippen LogP contribution < -0.4 is 4.89 Å². The van der Waals surface area contributed by atoms with Gasteiger partial charge in [0.05, 0.1) is 6.10 Å². The summed E-state index contributed by atoms with van der Waals surface area (Å²) in [5.41, 5.74) is 0. The van der Waals surface area contributed by atoms with Crippen LogP contribution in [0.3, 0.4) is 0 Å². The highest BCUT2D eigenvalue weighted by Crippen LogP contribution is 2.37. The van der Waals surface area contributed by atoms with Crippen molar-refractivity contribution >= 4 is 19.8 Å². The first kappa shape index (κ1) is 17.1. The molecule has 1 unspecified atom stereocenters. The summed E-state index contributed by atoms with van der Waals surface area (Å²) < 4.78 is 30.1. The van der Waals surface area contributed by atoms with E-state index in [2.05, 4.69) is 4.52 Å². The fourth-order valence-electron chi connectivity index (χ4n) is 1.91. The summed E-state index contributed by atoms with van der Waals surface area (Å²) >= 11 is 0. The van der Waals surface area contributed by atoms with Gasteiger partial charge in [-0.05, 0) is 6.92 Å². The van der Waals surface area contributed by atoms with Crippen LogP contribution in [-0.4, -0.2) is 41.4 Å². The lowest BCUT2D eigenvalue weighted by atomic mass is 10.0. The van der Waals surface area contributed by atoms with Gasteiger partial charge in [0, 0.05) is 20.3 Å². The summed E-state index contributed by atoms with van der Waals surface area (Å²) in [7, 11) is -4.99. The second-order valence-electron chi connectivity index (χ2n) is 4.30. The van der Waals surface area contributed by atoms with E-state index in [1.807, 2.05) is 0 Å². The Kier molecular flexibility index (Phi) is 5.67. The van der Waals surface area contributed by atoms with E-state index >= 15 is 0 Å². The highest BCUT2D eigenvalue weighted by Gasteiger charge is 2.42. The van der Waals surface area contributed by atoms with Crippen LogP contribution in [0.1, 0.15) is 27.2 Å². The maximum atomic E-state index is 11.0. The minimum Gasteiger partial charge on any atom is -0.756 e. The molecular formula is C10H16O9P-. The predicted octanol–water partition coefficient (Wildman–Crippen LogP) is -0.538. The van der Waals surface area contributed by atoms with E-state index in [-0.39, 0.29) is 6.42 Å². The molecule has 0 aromatic heterocycles. The zero-order valence-corrected chi connectivity index (χ0v) is 12.1. The maximum absolute atomic E-state index is 11.0. The van der Waals surface area contributed by atoms with Crippen LogP contribution in [0.4, 0.5) is 0 Å². The topological polar surface area (TPSA) is 131 Å². The molecule has 0 aromatic rings. The minimum absolute atomic E-state index is 0.200. The molecule has 10 heteroatoms. The van der Waals surface area contributed by atoms with Crippen LogP contribution in [-0.2, 0) is 32.9 Å². The number of hydrogen-bond donors (Lipinski definition) is 1. The smallest absolute Gasteiger partial charge is 0.303 e. The molecule has 0 aromatic carbocycles. The summed E-state index contributed by atoms with van der Waals surface area (Å²) in [4.78, 5) is 41.4. The molecule has 0 amide bonds. The van der Waals surface area contributed by atoms with E-state index in [1.54, 1.807) is 0 Å². The Morgan fingerprint density at radius 3 is 2.30 bits per heavy atom. The molecule has 0 spiro atoms. The molecule has 20 heavy (non-hydrogen) atoms. The Labute approximate surface area is 115 Å². The number of phosphoric acid groups is 1. The molecule has 0 aliphatic carbocycles. The molecule has 1 fully saturated rings. The molecule has 0 saturated carbocycles. The van der Waals surface area contributed by atoms with Crippen molar-refractivity contribution < 1.29 is 42.7 Å². The summed E-state index contributed by atoms with van der Waals surface area (Å²) in [5, 5.41) is 0. The van der Waals surface area contributed by atoms with Gasteiger partial charge in [0.25, 0.3) is 7.82 Å². The molecule has 1 aliphatic rings. The lowest BCUT2D eigenvalue weighted by Crippen LogP contribution is -2.51. The molecule has 1 saturated heterocycles. The molecule has 5 atom stereocenters. The molecule has 1 heterocycles. The number of carbonyl (C=O) groups excluding carboxylic acids is 2. The summed E-state index contributed by atoms with van der Waals surface area (Å²) in [6.07, 6.45) is -4.13. The molecular weight excluding hydrogens is 295 g/mol. The van der Waals surface area contributed by atoms with Crippen LogP contribution in [0.15, 0.2) is 0 Å². The van der Waals surface area contributed by atoms with E-state index in [9.17, 15) is 19.0 Å². The number of rotatable bonds is 4. The van der Waals surface area contributed by atoms with Crippen molar-refractivity contribution in [2.45, 2.75) is 51.8 Å². The van der Waals surface area contributed by atoms with Crippen molar-refractivity contribution in [3.8, 4) is 0 Å². The Hall–Kier alpha value is -0.990. The second kappa shape index (κ2) is 6.64. The predicted molar refractivity (Wildman–Crippen MR) is 61.0 cm³/mol. The molecule has 1 aliphatic heterocycles. The highest BCUT2D eigenvalue weighted by atomic mass is 31.2. The number of esters is 2. The third-order valence-corrected chi connectivity index (χ3v) is 2.99. The summed E-state index contributed by atoms with van der Waals surface area (Å²) in [5.74, 6) is -1.23. The van der Waals surface area contributed by atoms with Gasteiger partial charge in [-0.1, -0.05) is 0 Å². The third kappa shape index (κ3) is 5.56. The Bertz CT molecular complexity index is 417. The molecule has 116 valence electrons. The first-order chi connectivity index (χ1) is 9.08. The molecule has 0 radical (unpaired) electrons. The van der Waals surface area contributed by atoms with Crippen LogP contribution in [0.25, 0.3) is 0 Å². The third-order valence-electron chi connectivity index (χ3n) is 2.49. The van der Waals surface area contributed by atoms with Crippen LogP contribution >= 0.6 is 7.82 Å². The Balaban J connectivity index is 2.81. The number of carbonyl (C=O) groups is 2. The first-order valence-electron chi connectivity index (χ1n) is 5.80. The van der Waals surface area contributed by atoms with E-state index in [1.165, 1.54) is 13.8 Å².